The summed E-state index contributed by atoms with van der Waals surface area (Å²) in [6.07, 6.45) is 0. The summed E-state index contributed by atoms with van der Waals surface area (Å²) in [5, 5.41) is 4.42. The van der Waals surface area contributed by atoms with Crippen LogP contribution in [0.4, 0.5) is 0 Å². The van der Waals surface area contributed by atoms with Crippen molar-refractivity contribution in [3.8, 4) is 11.5 Å². The summed E-state index contributed by atoms with van der Waals surface area (Å²) in [5.74, 6) is 1.36. The molecule has 0 saturated carbocycles. The zero-order chi connectivity index (χ0) is 18.1. The molecule has 134 valence electrons. The number of benzene rings is 1. The van der Waals surface area contributed by atoms with Crippen LogP contribution in [0.5, 0.6) is 11.5 Å². The quantitative estimate of drug-likeness (QED) is 0.856. The zero-order valence-corrected chi connectivity index (χ0v) is 15.5. The number of carbonyl (C=O) groups is 1. The molecule has 1 aromatic carbocycles. The number of rotatable bonds is 4. The van der Waals surface area contributed by atoms with Crippen molar-refractivity contribution in [3.05, 3.63) is 40.7 Å². The Labute approximate surface area is 148 Å². The molecule has 0 aliphatic carbocycles. The lowest BCUT2D eigenvalue weighted by Crippen LogP contribution is -2.30. The second-order valence-corrected chi connectivity index (χ2v) is 6.60. The van der Waals surface area contributed by atoms with E-state index in [4.69, 9.17) is 9.47 Å². The van der Waals surface area contributed by atoms with Crippen LogP contribution in [0.3, 0.4) is 0 Å². The third kappa shape index (κ3) is 3.34. The molecule has 6 heteroatoms. The van der Waals surface area contributed by atoms with Crippen LogP contribution in [0.2, 0.25) is 0 Å². The van der Waals surface area contributed by atoms with Crippen molar-refractivity contribution in [2.45, 2.75) is 33.2 Å². The van der Waals surface area contributed by atoms with E-state index >= 15 is 0 Å². The van der Waals surface area contributed by atoms with Crippen LogP contribution in [0, 0.1) is 13.8 Å². The standard InChI is InChI=1S/C19H25N3O3/c1-12(18-13(2)20-22(5)14(18)3)19(23)21(4)11-15-6-7-16-17(10-15)25-9-8-24-16/h6-7,10,12H,8-9,11H2,1-5H3/t12-/m0/s1. The SMILES string of the molecule is Cc1nn(C)c(C)c1[C@H](C)C(=O)N(C)Cc1ccc2c(c1)OCCO2. The van der Waals surface area contributed by atoms with E-state index in [0.717, 1.165) is 34.0 Å². The molecule has 2 heterocycles. The molecule has 0 bridgehead atoms. The Hall–Kier alpha value is -2.50. The van der Waals surface area contributed by atoms with Crippen LogP contribution >= 0.6 is 0 Å². The van der Waals surface area contributed by atoms with Crippen molar-refractivity contribution < 1.29 is 14.3 Å². The van der Waals surface area contributed by atoms with Crippen molar-refractivity contribution >= 4 is 5.91 Å². The van der Waals surface area contributed by atoms with Crippen molar-refractivity contribution in [2.24, 2.45) is 7.05 Å². The molecule has 2 aromatic rings. The molecule has 6 nitrogen and oxygen atoms in total. The minimum absolute atomic E-state index is 0.0779. The van der Waals surface area contributed by atoms with Crippen LogP contribution < -0.4 is 9.47 Å². The van der Waals surface area contributed by atoms with E-state index in [1.807, 2.05) is 57.7 Å². The monoisotopic (exact) mass is 343 g/mol. The summed E-state index contributed by atoms with van der Waals surface area (Å²) in [6, 6.07) is 5.83. The van der Waals surface area contributed by atoms with Gasteiger partial charge in [0.25, 0.3) is 0 Å². The van der Waals surface area contributed by atoms with Gasteiger partial charge in [0.15, 0.2) is 11.5 Å². The predicted molar refractivity (Wildman–Crippen MR) is 95.0 cm³/mol. The number of ether oxygens (including phenoxy) is 2. The number of aryl methyl sites for hydroxylation is 2. The fourth-order valence-electron chi connectivity index (χ4n) is 3.41. The number of nitrogens with zero attached hydrogens (tertiary/aromatic N) is 3. The summed E-state index contributed by atoms with van der Waals surface area (Å²) in [4.78, 5) is 14.6. The Bertz CT molecular complexity index is 797. The molecular weight excluding hydrogens is 318 g/mol. The first kappa shape index (κ1) is 17.3. The normalized spacial score (nSPS) is 14.3. The maximum Gasteiger partial charge on any atom is 0.230 e. The van der Waals surface area contributed by atoms with Gasteiger partial charge >= 0.3 is 0 Å². The van der Waals surface area contributed by atoms with E-state index < -0.39 is 0 Å². The van der Waals surface area contributed by atoms with Crippen molar-refractivity contribution in [2.75, 3.05) is 20.3 Å². The molecule has 1 aliphatic rings. The van der Waals surface area contributed by atoms with Gasteiger partial charge in [-0.3, -0.25) is 9.48 Å². The Balaban J connectivity index is 1.74. The lowest BCUT2D eigenvalue weighted by Gasteiger charge is -2.23. The van der Waals surface area contributed by atoms with Gasteiger partial charge in [0.2, 0.25) is 5.91 Å². The van der Waals surface area contributed by atoms with Crippen molar-refractivity contribution in [3.63, 3.8) is 0 Å². The van der Waals surface area contributed by atoms with Gasteiger partial charge in [-0.05, 0) is 38.5 Å². The molecular formula is C19H25N3O3. The highest BCUT2D eigenvalue weighted by atomic mass is 16.6. The van der Waals surface area contributed by atoms with Crippen LogP contribution in [0.15, 0.2) is 18.2 Å². The number of hydrogen-bond acceptors (Lipinski definition) is 4. The maximum atomic E-state index is 12.9. The van der Waals surface area contributed by atoms with E-state index in [0.29, 0.717) is 19.8 Å². The molecule has 1 aromatic heterocycles. The summed E-state index contributed by atoms with van der Waals surface area (Å²) in [6.45, 7) is 7.55. The molecule has 0 spiro atoms. The van der Waals surface area contributed by atoms with Gasteiger partial charge < -0.3 is 14.4 Å². The number of carbonyl (C=O) groups excluding carboxylic acids is 1. The summed E-state index contributed by atoms with van der Waals surface area (Å²) < 4.78 is 13.0. The van der Waals surface area contributed by atoms with Gasteiger partial charge in [-0.25, -0.2) is 0 Å². The van der Waals surface area contributed by atoms with Gasteiger partial charge in [0, 0.05) is 31.9 Å². The number of fused-ring (bicyclic) bond motifs is 1. The number of aromatic nitrogens is 2. The third-order valence-corrected chi connectivity index (χ3v) is 4.77. The van der Waals surface area contributed by atoms with Gasteiger partial charge in [-0.1, -0.05) is 6.07 Å². The maximum absolute atomic E-state index is 12.9. The molecule has 1 amide bonds. The second kappa shape index (κ2) is 6.78. The number of hydrogen-bond donors (Lipinski definition) is 0. The Morgan fingerprint density at radius 2 is 1.96 bits per heavy atom. The number of amides is 1. The molecule has 0 fully saturated rings. The van der Waals surface area contributed by atoms with Crippen LogP contribution in [-0.4, -0.2) is 40.8 Å². The summed E-state index contributed by atoms with van der Waals surface area (Å²) in [7, 11) is 3.73. The summed E-state index contributed by atoms with van der Waals surface area (Å²) in [5.41, 5.74) is 3.98. The molecule has 1 atom stereocenters. The summed E-state index contributed by atoms with van der Waals surface area (Å²) >= 11 is 0. The first-order chi connectivity index (χ1) is 11.9. The van der Waals surface area contributed by atoms with Gasteiger partial charge in [-0.15, -0.1) is 0 Å². The second-order valence-electron chi connectivity index (χ2n) is 6.60. The van der Waals surface area contributed by atoms with Gasteiger partial charge in [-0.2, -0.15) is 5.10 Å². The smallest absolute Gasteiger partial charge is 0.230 e. The Morgan fingerprint density at radius 3 is 2.60 bits per heavy atom. The van der Waals surface area contributed by atoms with Gasteiger partial charge in [0.05, 0.1) is 11.6 Å². The highest BCUT2D eigenvalue weighted by Crippen LogP contribution is 2.31. The van der Waals surface area contributed by atoms with Crippen LogP contribution in [0.1, 0.15) is 35.4 Å². The average Bonchev–Trinajstić information content (AvgIpc) is 2.85. The minimum Gasteiger partial charge on any atom is -0.486 e. The van der Waals surface area contributed by atoms with Crippen LogP contribution in [0.25, 0.3) is 0 Å². The van der Waals surface area contributed by atoms with Gasteiger partial charge in [0.1, 0.15) is 13.2 Å². The van der Waals surface area contributed by atoms with E-state index in [1.54, 1.807) is 4.90 Å². The van der Waals surface area contributed by atoms with E-state index in [2.05, 4.69) is 5.10 Å². The average molecular weight is 343 g/mol. The Kier molecular flexibility index (Phi) is 4.70. The first-order valence-corrected chi connectivity index (χ1v) is 8.52. The molecule has 3 rings (SSSR count). The predicted octanol–water partition coefficient (Wildman–Crippen LogP) is 2.57. The fourth-order valence-corrected chi connectivity index (χ4v) is 3.41. The fraction of sp³-hybridized carbons (Fsp3) is 0.474. The highest BCUT2D eigenvalue weighted by molar-refractivity contribution is 5.83. The minimum atomic E-state index is -0.226. The van der Waals surface area contributed by atoms with Crippen molar-refractivity contribution in [1.29, 1.82) is 0 Å². The molecule has 0 N–H and O–H groups in total. The molecule has 0 unspecified atom stereocenters. The van der Waals surface area contributed by atoms with Crippen molar-refractivity contribution in [1.82, 2.24) is 14.7 Å². The van der Waals surface area contributed by atoms with E-state index in [1.165, 1.54) is 0 Å². The Morgan fingerprint density at radius 1 is 1.28 bits per heavy atom. The van der Waals surface area contributed by atoms with Crippen LogP contribution in [-0.2, 0) is 18.4 Å². The zero-order valence-electron chi connectivity index (χ0n) is 15.5. The molecule has 25 heavy (non-hydrogen) atoms. The third-order valence-electron chi connectivity index (χ3n) is 4.77. The number of likely N-dealkylation sites (N-methyl/N-ethyl adjacent to an activating group) is 1. The van der Waals surface area contributed by atoms with E-state index in [-0.39, 0.29) is 11.8 Å². The lowest BCUT2D eigenvalue weighted by molar-refractivity contribution is -0.131. The lowest BCUT2D eigenvalue weighted by atomic mass is 9.97. The largest absolute Gasteiger partial charge is 0.486 e. The molecule has 0 radical (unpaired) electrons. The highest BCUT2D eigenvalue weighted by Gasteiger charge is 2.25. The topological polar surface area (TPSA) is 56.6 Å². The molecule has 0 saturated heterocycles. The van der Waals surface area contributed by atoms with E-state index in [9.17, 15) is 4.79 Å². The first-order valence-electron chi connectivity index (χ1n) is 8.52. The molecule has 1 aliphatic heterocycles.